The molecule has 6 nitrogen and oxygen atoms in total. The van der Waals surface area contributed by atoms with E-state index in [1.165, 1.54) is 0 Å². The van der Waals surface area contributed by atoms with Crippen LogP contribution in [0, 0.1) is 12.8 Å². The number of anilines is 1. The van der Waals surface area contributed by atoms with Gasteiger partial charge in [-0.05, 0) is 51.0 Å². The number of ketones is 1. The number of rotatable bonds is 6. The van der Waals surface area contributed by atoms with Gasteiger partial charge in [-0.2, -0.15) is 0 Å². The van der Waals surface area contributed by atoms with Crippen molar-refractivity contribution in [2.24, 2.45) is 5.92 Å². The minimum atomic E-state index is -0.940. The summed E-state index contributed by atoms with van der Waals surface area (Å²) < 4.78 is 5.43. The highest BCUT2D eigenvalue weighted by atomic mass is 16.5. The lowest BCUT2D eigenvalue weighted by atomic mass is 10.0. The Morgan fingerprint density at radius 3 is 2.62 bits per heavy atom. The maximum atomic E-state index is 12.9. The van der Waals surface area contributed by atoms with Crippen LogP contribution >= 0.6 is 0 Å². The van der Waals surface area contributed by atoms with E-state index in [0.29, 0.717) is 11.3 Å². The Morgan fingerprint density at radius 2 is 1.86 bits per heavy atom. The molecule has 6 heteroatoms. The first-order chi connectivity index (χ1) is 13.9. The molecule has 1 aliphatic rings. The molecule has 1 fully saturated rings. The maximum Gasteiger partial charge on any atom is 0.338 e. The molecule has 2 aromatic carbocycles. The van der Waals surface area contributed by atoms with Gasteiger partial charge in [0.25, 0.3) is 0 Å². The van der Waals surface area contributed by atoms with Crippen molar-refractivity contribution in [3.05, 3.63) is 65.4 Å². The summed E-state index contributed by atoms with van der Waals surface area (Å²) in [6, 6.07) is 14.1. The minimum Gasteiger partial charge on any atom is -0.451 e. The molecule has 0 bridgehead atoms. The van der Waals surface area contributed by atoms with Gasteiger partial charge in [-0.15, -0.1) is 0 Å². The second-order valence-electron chi connectivity index (χ2n) is 7.43. The van der Waals surface area contributed by atoms with E-state index in [-0.39, 0.29) is 23.2 Å². The number of H-pyrrole nitrogens is 1. The number of amides is 1. The third-order valence-electron chi connectivity index (χ3n) is 5.11. The van der Waals surface area contributed by atoms with Gasteiger partial charge in [-0.1, -0.05) is 24.3 Å². The lowest BCUT2D eigenvalue weighted by Crippen LogP contribution is -2.25. The number of aromatic amines is 1. The SMILES string of the molecule is Cc1[nH]c2ccccc2c1C(=O)C(C)OC(=O)c1cccc(NC(=O)C2CC2)c1. The highest BCUT2D eigenvalue weighted by Crippen LogP contribution is 2.30. The molecule has 0 saturated heterocycles. The number of Topliss-reactive ketones (excluding diaryl/α,β-unsaturated/α-hetero) is 1. The Hall–Kier alpha value is -3.41. The Morgan fingerprint density at radius 1 is 1.10 bits per heavy atom. The summed E-state index contributed by atoms with van der Waals surface area (Å²) in [5.41, 5.74) is 2.97. The van der Waals surface area contributed by atoms with E-state index in [1.807, 2.05) is 31.2 Å². The van der Waals surface area contributed by atoms with Crippen molar-refractivity contribution < 1.29 is 19.1 Å². The van der Waals surface area contributed by atoms with E-state index < -0.39 is 12.1 Å². The Bertz CT molecular complexity index is 1110. The fourth-order valence-electron chi connectivity index (χ4n) is 3.39. The number of nitrogens with one attached hydrogen (secondary N) is 2. The van der Waals surface area contributed by atoms with Crippen molar-refractivity contribution >= 4 is 34.3 Å². The van der Waals surface area contributed by atoms with Gasteiger partial charge in [-0.25, -0.2) is 4.79 Å². The molecule has 4 rings (SSSR count). The number of carbonyl (C=O) groups is 3. The first kappa shape index (κ1) is 18.9. The minimum absolute atomic E-state index is 0.0334. The summed E-state index contributed by atoms with van der Waals surface area (Å²) in [6.45, 7) is 3.40. The van der Waals surface area contributed by atoms with Crippen LogP contribution in [0.2, 0.25) is 0 Å². The van der Waals surface area contributed by atoms with Crippen LogP contribution in [0.3, 0.4) is 0 Å². The van der Waals surface area contributed by atoms with Crippen molar-refractivity contribution in [2.45, 2.75) is 32.8 Å². The second kappa shape index (κ2) is 7.54. The van der Waals surface area contributed by atoms with Gasteiger partial charge in [0.05, 0.1) is 5.56 Å². The zero-order valence-corrected chi connectivity index (χ0v) is 16.3. The van der Waals surface area contributed by atoms with E-state index in [1.54, 1.807) is 31.2 Å². The fraction of sp³-hybridized carbons (Fsp3) is 0.261. The van der Waals surface area contributed by atoms with Crippen LogP contribution in [-0.2, 0) is 9.53 Å². The van der Waals surface area contributed by atoms with Crippen LogP contribution in [0.15, 0.2) is 48.5 Å². The van der Waals surface area contributed by atoms with Crippen LogP contribution in [0.4, 0.5) is 5.69 Å². The van der Waals surface area contributed by atoms with Gasteiger partial charge in [0.1, 0.15) is 0 Å². The summed E-state index contributed by atoms with van der Waals surface area (Å²) in [5.74, 6) is -0.825. The number of hydrogen-bond donors (Lipinski definition) is 2. The smallest absolute Gasteiger partial charge is 0.338 e. The first-order valence-electron chi connectivity index (χ1n) is 9.67. The van der Waals surface area contributed by atoms with Crippen molar-refractivity contribution in [2.75, 3.05) is 5.32 Å². The van der Waals surface area contributed by atoms with Crippen LogP contribution in [0.5, 0.6) is 0 Å². The van der Waals surface area contributed by atoms with Gasteiger partial charge in [0.2, 0.25) is 11.7 Å². The molecule has 0 radical (unpaired) electrons. The van der Waals surface area contributed by atoms with Gasteiger partial charge in [0.15, 0.2) is 6.10 Å². The molecule has 1 heterocycles. The standard InChI is InChI=1S/C23H22N2O4/c1-13-20(18-8-3-4-9-19(18)24-13)21(26)14(2)29-23(28)16-6-5-7-17(12-16)25-22(27)15-10-11-15/h3-9,12,14-15,24H,10-11H2,1-2H3,(H,25,27). The summed E-state index contributed by atoms with van der Waals surface area (Å²) in [7, 11) is 0. The Kier molecular flexibility index (Phi) is 4.92. The van der Waals surface area contributed by atoms with E-state index in [9.17, 15) is 14.4 Å². The third kappa shape index (κ3) is 3.92. The lowest BCUT2D eigenvalue weighted by Gasteiger charge is -2.13. The highest BCUT2D eigenvalue weighted by molar-refractivity contribution is 6.11. The molecule has 1 atom stereocenters. The summed E-state index contributed by atoms with van der Waals surface area (Å²) in [5, 5.41) is 3.62. The predicted octanol–water partition coefficient (Wildman–Crippen LogP) is 4.25. The number of benzene rings is 2. The molecule has 2 N–H and O–H groups in total. The van der Waals surface area contributed by atoms with Crippen LogP contribution in [0.1, 0.15) is 46.2 Å². The van der Waals surface area contributed by atoms with E-state index in [4.69, 9.17) is 4.74 Å². The molecule has 0 spiro atoms. The number of ether oxygens (including phenoxy) is 1. The molecule has 1 aromatic heterocycles. The second-order valence-corrected chi connectivity index (χ2v) is 7.43. The van der Waals surface area contributed by atoms with Crippen molar-refractivity contribution in [3.63, 3.8) is 0 Å². The molecule has 1 unspecified atom stereocenters. The monoisotopic (exact) mass is 390 g/mol. The summed E-state index contributed by atoms with van der Waals surface area (Å²) >= 11 is 0. The molecular formula is C23H22N2O4. The van der Waals surface area contributed by atoms with Gasteiger partial charge < -0.3 is 15.0 Å². The zero-order chi connectivity index (χ0) is 20.5. The van der Waals surface area contributed by atoms with Crippen molar-refractivity contribution in [3.8, 4) is 0 Å². The number of aromatic nitrogens is 1. The van der Waals surface area contributed by atoms with Crippen molar-refractivity contribution in [1.29, 1.82) is 0 Å². The topological polar surface area (TPSA) is 88.3 Å². The maximum absolute atomic E-state index is 12.9. The fourth-order valence-corrected chi connectivity index (χ4v) is 3.39. The average molecular weight is 390 g/mol. The number of carbonyl (C=O) groups excluding carboxylic acids is 3. The lowest BCUT2D eigenvalue weighted by molar-refractivity contribution is -0.117. The third-order valence-corrected chi connectivity index (χ3v) is 5.11. The Labute approximate surface area is 168 Å². The largest absolute Gasteiger partial charge is 0.451 e. The van der Waals surface area contributed by atoms with Gasteiger partial charge in [0, 0.05) is 33.8 Å². The van der Waals surface area contributed by atoms with Gasteiger partial charge in [-0.3, -0.25) is 9.59 Å². The highest BCUT2D eigenvalue weighted by Gasteiger charge is 2.30. The number of aryl methyl sites for hydroxylation is 1. The quantitative estimate of drug-likeness (QED) is 0.486. The van der Waals surface area contributed by atoms with E-state index in [0.717, 1.165) is 29.4 Å². The average Bonchev–Trinajstić information content (AvgIpc) is 3.50. The van der Waals surface area contributed by atoms with Gasteiger partial charge >= 0.3 is 5.97 Å². The number of hydrogen-bond acceptors (Lipinski definition) is 4. The number of esters is 1. The number of fused-ring (bicyclic) bond motifs is 1. The Balaban J connectivity index is 1.48. The molecule has 1 saturated carbocycles. The molecule has 3 aromatic rings. The summed E-state index contributed by atoms with van der Waals surface area (Å²) in [6.07, 6.45) is 0.867. The molecular weight excluding hydrogens is 368 g/mol. The van der Waals surface area contributed by atoms with Crippen LogP contribution in [0.25, 0.3) is 10.9 Å². The van der Waals surface area contributed by atoms with Crippen LogP contribution in [-0.4, -0.2) is 28.7 Å². The predicted molar refractivity (Wildman–Crippen MR) is 110 cm³/mol. The zero-order valence-electron chi connectivity index (χ0n) is 16.3. The molecule has 1 amide bonds. The van der Waals surface area contributed by atoms with E-state index >= 15 is 0 Å². The van der Waals surface area contributed by atoms with Crippen LogP contribution < -0.4 is 5.32 Å². The molecule has 0 aliphatic heterocycles. The molecule has 1 aliphatic carbocycles. The first-order valence-corrected chi connectivity index (χ1v) is 9.67. The molecule has 29 heavy (non-hydrogen) atoms. The summed E-state index contributed by atoms with van der Waals surface area (Å²) in [4.78, 5) is 40.6. The van der Waals surface area contributed by atoms with E-state index in [2.05, 4.69) is 10.3 Å². The molecule has 148 valence electrons. The number of para-hydroxylation sites is 1. The normalized spacial score (nSPS) is 14.4. The van der Waals surface area contributed by atoms with Crippen molar-refractivity contribution in [1.82, 2.24) is 4.98 Å².